The minimum absolute atomic E-state index is 0.0243. The summed E-state index contributed by atoms with van der Waals surface area (Å²) in [6.45, 7) is 6.66. The number of esters is 2. The van der Waals surface area contributed by atoms with Gasteiger partial charge in [0, 0.05) is 0 Å². The Kier molecular flexibility index (Phi) is 7.25. The average molecular weight is 322 g/mol. The van der Waals surface area contributed by atoms with E-state index in [-0.39, 0.29) is 13.0 Å². The minimum atomic E-state index is -1.00. The molecule has 0 bridgehead atoms. The first-order chi connectivity index (χ1) is 10.8. The third kappa shape index (κ3) is 6.50. The molecule has 0 fully saturated rings. The Labute approximate surface area is 135 Å². The van der Waals surface area contributed by atoms with E-state index >= 15 is 0 Å². The number of hydrogen-bond donors (Lipinski definition) is 0. The molecule has 0 N–H and O–H groups in total. The Morgan fingerprint density at radius 2 is 1.83 bits per heavy atom. The van der Waals surface area contributed by atoms with Crippen molar-refractivity contribution in [2.24, 2.45) is 0 Å². The summed E-state index contributed by atoms with van der Waals surface area (Å²) in [4.78, 5) is 34.1. The highest BCUT2D eigenvalue weighted by molar-refractivity contribution is 6.34. The van der Waals surface area contributed by atoms with Crippen LogP contribution in [0.25, 0.3) is 0 Å². The van der Waals surface area contributed by atoms with Gasteiger partial charge in [-0.2, -0.15) is 0 Å². The summed E-state index contributed by atoms with van der Waals surface area (Å²) >= 11 is 0. The van der Waals surface area contributed by atoms with Gasteiger partial charge in [-0.25, -0.2) is 4.79 Å². The van der Waals surface area contributed by atoms with Crippen molar-refractivity contribution >= 4 is 17.7 Å². The molecule has 0 aliphatic carbocycles. The summed E-state index contributed by atoms with van der Waals surface area (Å²) in [6.07, 6.45) is -0.440. The van der Waals surface area contributed by atoms with Gasteiger partial charge in [0.15, 0.2) is 6.61 Å². The molecule has 0 amide bonds. The zero-order valence-corrected chi connectivity index (χ0v) is 13.9. The first-order valence-corrected chi connectivity index (χ1v) is 7.43. The van der Waals surface area contributed by atoms with Gasteiger partial charge in [0.2, 0.25) is 0 Å². The molecule has 1 aromatic rings. The number of Topliss-reactive ketones (excluding diaryl/α,β-unsaturated/α-hetero) is 1. The summed E-state index contributed by atoms with van der Waals surface area (Å²) < 4.78 is 15.0. The Morgan fingerprint density at radius 1 is 1.13 bits per heavy atom. The van der Waals surface area contributed by atoms with Crippen molar-refractivity contribution in [2.45, 2.75) is 40.2 Å². The molecule has 0 aromatic heterocycles. The molecule has 6 heteroatoms. The Morgan fingerprint density at radius 3 is 2.48 bits per heavy atom. The lowest BCUT2D eigenvalue weighted by Crippen LogP contribution is -2.26. The molecule has 1 atom stereocenters. The van der Waals surface area contributed by atoms with E-state index in [0.29, 0.717) is 5.75 Å². The lowest BCUT2D eigenvalue weighted by atomic mass is 10.1. The highest BCUT2D eigenvalue weighted by atomic mass is 16.6. The number of rotatable bonds is 8. The van der Waals surface area contributed by atoms with E-state index in [1.807, 2.05) is 32.0 Å². The third-order valence-corrected chi connectivity index (χ3v) is 2.99. The van der Waals surface area contributed by atoms with Crippen LogP contribution < -0.4 is 4.74 Å². The maximum Gasteiger partial charge on any atom is 0.378 e. The van der Waals surface area contributed by atoms with E-state index in [1.165, 1.54) is 0 Å². The molecular weight excluding hydrogens is 300 g/mol. The summed E-state index contributed by atoms with van der Waals surface area (Å²) in [7, 11) is 0. The summed E-state index contributed by atoms with van der Waals surface area (Å²) in [5, 5.41) is 0. The number of ether oxygens (including phenoxy) is 3. The summed E-state index contributed by atoms with van der Waals surface area (Å²) in [6, 6.07) is 5.80. The zero-order valence-electron chi connectivity index (χ0n) is 13.9. The molecule has 0 aliphatic heterocycles. The molecule has 23 heavy (non-hydrogen) atoms. The van der Waals surface area contributed by atoms with Crippen LogP contribution in [0, 0.1) is 13.8 Å². The molecular formula is C17H22O6. The van der Waals surface area contributed by atoms with Crippen LogP contribution in [0.3, 0.4) is 0 Å². The van der Waals surface area contributed by atoms with E-state index in [0.717, 1.165) is 11.1 Å². The molecule has 0 aliphatic rings. The quantitative estimate of drug-likeness (QED) is 0.539. The predicted molar refractivity (Wildman–Crippen MR) is 83.2 cm³/mol. The second kappa shape index (κ2) is 8.92. The maximum atomic E-state index is 11.7. The smallest absolute Gasteiger partial charge is 0.378 e. The van der Waals surface area contributed by atoms with Gasteiger partial charge in [-0.05, 0) is 44.9 Å². The van der Waals surface area contributed by atoms with Gasteiger partial charge in [-0.1, -0.05) is 12.1 Å². The van der Waals surface area contributed by atoms with Gasteiger partial charge < -0.3 is 14.2 Å². The summed E-state index contributed by atoms with van der Waals surface area (Å²) in [5.41, 5.74) is 2.02. The largest absolute Gasteiger partial charge is 0.490 e. The molecule has 0 heterocycles. The van der Waals surface area contributed by atoms with Crippen molar-refractivity contribution in [2.75, 3.05) is 13.2 Å². The number of ketones is 1. The fraction of sp³-hybridized carbons (Fsp3) is 0.471. The standard InChI is InChI=1S/C17H22O6/c1-5-21-17(20)14(18)10-22-16(19)9-13(4)23-15-8-11(2)6-7-12(15)3/h6-8,13H,5,9-10H2,1-4H3. The van der Waals surface area contributed by atoms with Gasteiger partial charge in [-0.3, -0.25) is 9.59 Å². The second-order valence-electron chi connectivity index (χ2n) is 5.21. The molecule has 6 nitrogen and oxygen atoms in total. The van der Waals surface area contributed by atoms with Crippen molar-refractivity contribution in [3.63, 3.8) is 0 Å². The molecule has 1 rings (SSSR count). The van der Waals surface area contributed by atoms with Gasteiger partial charge in [-0.15, -0.1) is 0 Å². The average Bonchev–Trinajstić information content (AvgIpc) is 2.48. The highest BCUT2D eigenvalue weighted by Crippen LogP contribution is 2.21. The van der Waals surface area contributed by atoms with E-state index in [9.17, 15) is 14.4 Å². The predicted octanol–water partition coefficient (Wildman–Crippen LogP) is 2.14. The van der Waals surface area contributed by atoms with Crippen molar-refractivity contribution < 1.29 is 28.6 Å². The fourth-order valence-corrected chi connectivity index (χ4v) is 1.80. The number of carbonyl (C=O) groups is 3. The van der Waals surface area contributed by atoms with Crippen molar-refractivity contribution in [1.29, 1.82) is 0 Å². The molecule has 126 valence electrons. The minimum Gasteiger partial charge on any atom is -0.490 e. The van der Waals surface area contributed by atoms with E-state index < -0.39 is 30.4 Å². The Balaban J connectivity index is 2.43. The van der Waals surface area contributed by atoms with Crippen LogP contribution in [-0.4, -0.2) is 37.0 Å². The third-order valence-electron chi connectivity index (χ3n) is 2.99. The van der Waals surface area contributed by atoms with E-state index in [1.54, 1.807) is 13.8 Å². The zero-order chi connectivity index (χ0) is 17.4. The Hall–Kier alpha value is -2.37. The van der Waals surface area contributed by atoms with Crippen LogP contribution in [0.1, 0.15) is 31.4 Å². The molecule has 0 saturated heterocycles. The highest BCUT2D eigenvalue weighted by Gasteiger charge is 2.19. The van der Waals surface area contributed by atoms with Crippen LogP contribution in [0.2, 0.25) is 0 Å². The fourth-order valence-electron chi connectivity index (χ4n) is 1.80. The topological polar surface area (TPSA) is 78.9 Å². The molecule has 0 saturated carbocycles. The van der Waals surface area contributed by atoms with Crippen LogP contribution >= 0.6 is 0 Å². The van der Waals surface area contributed by atoms with Gasteiger partial charge in [0.1, 0.15) is 11.9 Å². The van der Waals surface area contributed by atoms with Gasteiger partial charge in [0.05, 0.1) is 13.0 Å². The normalized spacial score (nSPS) is 11.5. The van der Waals surface area contributed by atoms with E-state index in [4.69, 9.17) is 9.47 Å². The summed E-state index contributed by atoms with van der Waals surface area (Å²) in [5.74, 6) is -1.79. The number of hydrogen-bond acceptors (Lipinski definition) is 6. The van der Waals surface area contributed by atoms with Crippen LogP contribution in [0.5, 0.6) is 5.75 Å². The van der Waals surface area contributed by atoms with Crippen molar-refractivity contribution in [3.05, 3.63) is 29.3 Å². The number of aryl methyl sites for hydroxylation is 2. The van der Waals surface area contributed by atoms with Crippen LogP contribution in [0.15, 0.2) is 18.2 Å². The maximum absolute atomic E-state index is 11.7. The molecule has 1 aromatic carbocycles. The lowest BCUT2D eigenvalue weighted by Gasteiger charge is -2.16. The first-order valence-electron chi connectivity index (χ1n) is 7.43. The molecule has 0 spiro atoms. The van der Waals surface area contributed by atoms with Gasteiger partial charge >= 0.3 is 11.9 Å². The SMILES string of the molecule is CCOC(=O)C(=O)COC(=O)CC(C)Oc1cc(C)ccc1C. The van der Waals surface area contributed by atoms with Crippen LogP contribution in [0.4, 0.5) is 0 Å². The lowest BCUT2D eigenvalue weighted by molar-refractivity contribution is -0.159. The monoisotopic (exact) mass is 322 g/mol. The van der Waals surface area contributed by atoms with Gasteiger partial charge in [0.25, 0.3) is 5.78 Å². The Bertz CT molecular complexity index is 578. The van der Waals surface area contributed by atoms with E-state index in [2.05, 4.69) is 4.74 Å². The second-order valence-corrected chi connectivity index (χ2v) is 5.21. The first kappa shape index (κ1) is 18.7. The van der Waals surface area contributed by atoms with Crippen LogP contribution in [-0.2, 0) is 23.9 Å². The number of benzene rings is 1. The molecule has 0 radical (unpaired) electrons. The van der Waals surface area contributed by atoms with Crippen molar-refractivity contribution in [1.82, 2.24) is 0 Å². The number of carbonyl (C=O) groups excluding carboxylic acids is 3. The molecule has 1 unspecified atom stereocenters. The van der Waals surface area contributed by atoms with Crippen molar-refractivity contribution in [3.8, 4) is 5.75 Å².